The summed E-state index contributed by atoms with van der Waals surface area (Å²) in [6, 6.07) is 0. The minimum atomic E-state index is -4.26. The average molecular weight is 296 g/mol. The molecule has 7 heteroatoms. The number of thiazole rings is 1. The van der Waals surface area contributed by atoms with Crippen LogP contribution in [-0.4, -0.2) is 40.9 Å². The number of aliphatic hydroxyl groups is 1. The fraction of sp³-hybridized carbons (Fsp3) is 0.750. The van der Waals surface area contributed by atoms with Crippen molar-refractivity contribution in [2.45, 2.75) is 38.9 Å². The summed E-state index contributed by atoms with van der Waals surface area (Å²) in [6.07, 6.45) is -4.26. The van der Waals surface area contributed by atoms with E-state index in [1.807, 2.05) is 26.2 Å². The summed E-state index contributed by atoms with van der Waals surface area (Å²) in [4.78, 5) is 5.52. The fourth-order valence-electron chi connectivity index (χ4n) is 1.53. The van der Waals surface area contributed by atoms with Crippen molar-refractivity contribution in [2.75, 3.05) is 19.7 Å². The zero-order valence-corrected chi connectivity index (χ0v) is 12.1. The summed E-state index contributed by atoms with van der Waals surface area (Å²) >= 11 is 1.35. The highest BCUT2D eigenvalue weighted by atomic mass is 32.1. The number of halogens is 3. The van der Waals surface area contributed by atoms with Gasteiger partial charge < -0.3 is 5.11 Å². The molecule has 0 fully saturated rings. The third-order valence-electron chi connectivity index (χ3n) is 2.50. The molecule has 0 aliphatic carbocycles. The van der Waals surface area contributed by atoms with Gasteiger partial charge in [-0.1, -0.05) is 20.8 Å². The van der Waals surface area contributed by atoms with Gasteiger partial charge >= 0.3 is 6.18 Å². The van der Waals surface area contributed by atoms with Crippen LogP contribution in [-0.2, 0) is 12.0 Å². The van der Waals surface area contributed by atoms with Gasteiger partial charge in [0.1, 0.15) is 5.01 Å². The molecular formula is C12H19F3N2OS. The number of nitrogens with zero attached hydrogens (tertiary/aromatic N) is 2. The molecule has 0 aliphatic heterocycles. The molecule has 1 aromatic heterocycles. The van der Waals surface area contributed by atoms with Crippen LogP contribution < -0.4 is 0 Å². The summed E-state index contributed by atoms with van der Waals surface area (Å²) in [5.41, 5.74) is 0.768. The highest BCUT2D eigenvalue weighted by Crippen LogP contribution is 2.25. The Kier molecular flexibility index (Phi) is 5.34. The third-order valence-corrected chi connectivity index (χ3v) is 3.33. The van der Waals surface area contributed by atoms with E-state index in [1.54, 1.807) is 0 Å². The Balaban J connectivity index is 2.71. The van der Waals surface area contributed by atoms with Gasteiger partial charge in [-0.2, -0.15) is 13.2 Å². The van der Waals surface area contributed by atoms with Crippen molar-refractivity contribution in [3.63, 3.8) is 0 Å². The lowest BCUT2D eigenvalue weighted by Crippen LogP contribution is -2.35. The van der Waals surface area contributed by atoms with Gasteiger partial charge in [0.25, 0.3) is 0 Å². The van der Waals surface area contributed by atoms with E-state index < -0.39 is 12.7 Å². The van der Waals surface area contributed by atoms with Crippen molar-refractivity contribution < 1.29 is 18.3 Å². The Morgan fingerprint density at radius 1 is 1.32 bits per heavy atom. The summed E-state index contributed by atoms with van der Waals surface area (Å²) in [7, 11) is 0. The number of hydrogen-bond donors (Lipinski definition) is 1. The summed E-state index contributed by atoms with van der Waals surface area (Å²) in [5.74, 6) is 0. The van der Waals surface area contributed by atoms with Crippen molar-refractivity contribution in [3.8, 4) is 0 Å². The van der Waals surface area contributed by atoms with E-state index in [-0.39, 0.29) is 25.1 Å². The Bertz CT molecular complexity index is 398. The molecule has 0 spiro atoms. The van der Waals surface area contributed by atoms with E-state index >= 15 is 0 Å². The van der Waals surface area contributed by atoms with Crippen molar-refractivity contribution in [2.24, 2.45) is 0 Å². The quantitative estimate of drug-likeness (QED) is 0.907. The standard InChI is InChI=1S/C12H19F3N2OS/c1-11(2,3)9-7-19-10(16-9)6-17(4-5-18)8-12(13,14)15/h7,18H,4-6,8H2,1-3H3. The first-order valence-electron chi connectivity index (χ1n) is 5.96. The summed E-state index contributed by atoms with van der Waals surface area (Å²) in [5, 5.41) is 11.3. The van der Waals surface area contributed by atoms with Crippen LogP contribution >= 0.6 is 11.3 Å². The summed E-state index contributed by atoms with van der Waals surface area (Å²) in [6.45, 7) is 4.80. The van der Waals surface area contributed by atoms with Gasteiger partial charge in [-0.15, -0.1) is 11.3 Å². The third kappa shape index (κ3) is 5.88. The lowest BCUT2D eigenvalue weighted by atomic mass is 9.93. The van der Waals surface area contributed by atoms with Crippen molar-refractivity contribution in [1.29, 1.82) is 0 Å². The molecule has 1 N–H and O–H groups in total. The molecule has 0 saturated heterocycles. The van der Waals surface area contributed by atoms with Crippen LogP contribution in [0.4, 0.5) is 13.2 Å². The van der Waals surface area contributed by atoms with Crippen LogP contribution in [0, 0.1) is 0 Å². The molecule has 110 valence electrons. The molecule has 0 bridgehead atoms. The zero-order chi connectivity index (χ0) is 14.7. The first-order valence-corrected chi connectivity index (χ1v) is 6.84. The largest absolute Gasteiger partial charge is 0.401 e. The van der Waals surface area contributed by atoms with Crippen molar-refractivity contribution in [3.05, 3.63) is 16.1 Å². The van der Waals surface area contributed by atoms with E-state index in [0.717, 1.165) is 10.6 Å². The van der Waals surface area contributed by atoms with E-state index in [1.165, 1.54) is 11.3 Å². The smallest absolute Gasteiger partial charge is 0.395 e. The van der Waals surface area contributed by atoms with E-state index in [4.69, 9.17) is 5.11 Å². The van der Waals surface area contributed by atoms with Crippen LogP contribution in [0.15, 0.2) is 5.38 Å². The highest BCUT2D eigenvalue weighted by molar-refractivity contribution is 7.09. The van der Waals surface area contributed by atoms with E-state index in [0.29, 0.717) is 5.01 Å². The second-order valence-corrected chi connectivity index (χ2v) is 6.37. The van der Waals surface area contributed by atoms with Gasteiger partial charge in [0, 0.05) is 17.3 Å². The molecule has 3 nitrogen and oxygen atoms in total. The minimum absolute atomic E-state index is 0.00998. The molecule has 0 saturated carbocycles. The lowest BCUT2D eigenvalue weighted by Gasteiger charge is -2.21. The normalized spacial score (nSPS) is 13.3. The van der Waals surface area contributed by atoms with Gasteiger partial charge in [0.05, 0.1) is 25.4 Å². The number of aromatic nitrogens is 1. The SMILES string of the molecule is CC(C)(C)c1csc(CN(CCO)CC(F)(F)F)n1. The van der Waals surface area contributed by atoms with Gasteiger partial charge in [0.15, 0.2) is 0 Å². The molecule has 0 aliphatic rings. The Morgan fingerprint density at radius 2 is 1.95 bits per heavy atom. The molecule has 0 aromatic carbocycles. The fourth-order valence-corrected chi connectivity index (χ4v) is 2.59. The Labute approximate surface area is 115 Å². The summed E-state index contributed by atoms with van der Waals surface area (Å²) < 4.78 is 37.2. The Hall–Kier alpha value is -0.660. The second kappa shape index (κ2) is 6.19. The number of aliphatic hydroxyl groups excluding tert-OH is 1. The van der Waals surface area contributed by atoms with Crippen LogP contribution in [0.1, 0.15) is 31.5 Å². The van der Waals surface area contributed by atoms with Crippen LogP contribution in [0.2, 0.25) is 0 Å². The van der Waals surface area contributed by atoms with Crippen LogP contribution in [0.5, 0.6) is 0 Å². The first-order chi connectivity index (χ1) is 8.62. The van der Waals surface area contributed by atoms with E-state index in [2.05, 4.69) is 4.98 Å². The number of rotatable bonds is 5. The molecule has 0 unspecified atom stereocenters. The topological polar surface area (TPSA) is 36.4 Å². The van der Waals surface area contributed by atoms with Crippen LogP contribution in [0.25, 0.3) is 0 Å². The average Bonchev–Trinajstić information content (AvgIpc) is 2.63. The monoisotopic (exact) mass is 296 g/mol. The molecule has 1 rings (SSSR count). The molecule has 1 heterocycles. The van der Waals surface area contributed by atoms with Gasteiger partial charge in [-0.25, -0.2) is 4.98 Å². The molecule has 0 atom stereocenters. The zero-order valence-electron chi connectivity index (χ0n) is 11.3. The second-order valence-electron chi connectivity index (χ2n) is 5.43. The molecule has 1 aromatic rings. The van der Waals surface area contributed by atoms with Crippen molar-refractivity contribution >= 4 is 11.3 Å². The number of hydrogen-bond acceptors (Lipinski definition) is 4. The van der Waals surface area contributed by atoms with Crippen LogP contribution in [0.3, 0.4) is 0 Å². The minimum Gasteiger partial charge on any atom is -0.395 e. The molecule has 0 radical (unpaired) electrons. The molecule has 0 amide bonds. The van der Waals surface area contributed by atoms with Crippen molar-refractivity contribution in [1.82, 2.24) is 9.88 Å². The lowest BCUT2D eigenvalue weighted by molar-refractivity contribution is -0.147. The maximum absolute atomic E-state index is 12.4. The highest BCUT2D eigenvalue weighted by Gasteiger charge is 2.31. The maximum atomic E-state index is 12.4. The number of alkyl halides is 3. The maximum Gasteiger partial charge on any atom is 0.401 e. The molecule has 19 heavy (non-hydrogen) atoms. The van der Waals surface area contributed by atoms with Gasteiger partial charge in [-0.3, -0.25) is 4.90 Å². The van der Waals surface area contributed by atoms with E-state index in [9.17, 15) is 13.2 Å². The van der Waals surface area contributed by atoms with Gasteiger partial charge in [0.2, 0.25) is 0 Å². The predicted molar refractivity (Wildman–Crippen MR) is 69.2 cm³/mol. The first kappa shape index (κ1) is 16.4. The molecular weight excluding hydrogens is 277 g/mol. The predicted octanol–water partition coefficient (Wildman–Crippen LogP) is 2.80. The Morgan fingerprint density at radius 3 is 2.37 bits per heavy atom. The van der Waals surface area contributed by atoms with Gasteiger partial charge in [-0.05, 0) is 0 Å².